The highest BCUT2D eigenvalue weighted by atomic mass is 14.6. The van der Waals surface area contributed by atoms with Gasteiger partial charge in [-0.05, 0) is 50.4 Å². The van der Waals surface area contributed by atoms with Crippen molar-refractivity contribution < 1.29 is 0 Å². The lowest BCUT2D eigenvalue weighted by Gasteiger charge is -2.17. The molecule has 3 rings (SSSR count). The average molecular weight is 202 g/mol. The van der Waals surface area contributed by atoms with Crippen molar-refractivity contribution in [2.75, 3.05) is 0 Å². The Balaban J connectivity index is 2.06. The lowest BCUT2D eigenvalue weighted by Crippen LogP contribution is -2.06. The van der Waals surface area contributed by atoms with Crippen LogP contribution in [0.25, 0.3) is 0 Å². The zero-order valence-corrected chi connectivity index (χ0v) is 10.4. The predicted molar refractivity (Wildman–Crippen MR) is 64.6 cm³/mol. The Morgan fingerprint density at radius 1 is 1.27 bits per heavy atom. The molecule has 0 aromatic carbocycles. The Hall–Kier alpha value is -0.520. The predicted octanol–water partition coefficient (Wildman–Crippen LogP) is 4.34. The number of hydrogen-bond donors (Lipinski definition) is 0. The molecule has 0 bridgehead atoms. The summed E-state index contributed by atoms with van der Waals surface area (Å²) in [5.41, 5.74) is 5.81. The molecular formula is C15H22. The SMILES string of the molecule is CC1=CC[C@@H]2[C@H](C3=C(C)CCC13)C2(C)C. The zero-order chi connectivity index (χ0) is 10.8. The van der Waals surface area contributed by atoms with Crippen molar-refractivity contribution in [1.82, 2.24) is 0 Å². The maximum Gasteiger partial charge on any atom is 0.00129 e. The molecule has 82 valence electrons. The highest BCUT2D eigenvalue weighted by molar-refractivity contribution is 5.40. The molecule has 3 aliphatic carbocycles. The van der Waals surface area contributed by atoms with E-state index in [2.05, 4.69) is 33.8 Å². The van der Waals surface area contributed by atoms with Crippen LogP contribution in [0.2, 0.25) is 0 Å². The molecule has 3 aliphatic rings. The maximum absolute atomic E-state index is 2.53. The molecule has 0 nitrogen and oxygen atoms in total. The zero-order valence-electron chi connectivity index (χ0n) is 10.4. The number of fused-ring (bicyclic) bond motifs is 3. The van der Waals surface area contributed by atoms with E-state index < -0.39 is 0 Å². The average Bonchev–Trinajstić information content (AvgIpc) is 2.55. The molecule has 0 spiro atoms. The molecule has 1 unspecified atom stereocenters. The Morgan fingerprint density at radius 3 is 2.73 bits per heavy atom. The molecule has 0 amide bonds. The quantitative estimate of drug-likeness (QED) is 0.513. The van der Waals surface area contributed by atoms with E-state index in [1.54, 1.807) is 11.1 Å². The third kappa shape index (κ3) is 1.14. The lowest BCUT2D eigenvalue weighted by atomic mass is 9.87. The molecule has 0 aromatic rings. The van der Waals surface area contributed by atoms with Crippen LogP contribution in [0.5, 0.6) is 0 Å². The van der Waals surface area contributed by atoms with Crippen LogP contribution in [0.1, 0.15) is 47.0 Å². The summed E-state index contributed by atoms with van der Waals surface area (Å²) in [5.74, 6) is 2.68. The third-order valence-electron chi connectivity index (χ3n) is 5.31. The molecule has 0 heteroatoms. The first-order valence-electron chi connectivity index (χ1n) is 6.39. The summed E-state index contributed by atoms with van der Waals surface area (Å²) in [4.78, 5) is 0. The Labute approximate surface area is 93.5 Å². The van der Waals surface area contributed by atoms with Gasteiger partial charge in [0.1, 0.15) is 0 Å². The first-order chi connectivity index (χ1) is 7.03. The fraction of sp³-hybridized carbons (Fsp3) is 0.733. The van der Waals surface area contributed by atoms with Crippen LogP contribution in [0.15, 0.2) is 22.8 Å². The van der Waals surface area contributed by atoms with Crippen molar-refractivity contribution in [2.45, 2.75) is 47.0 Å². The summed E-state index contributed by atoms with van der Waals surface area (Å²) in [6.07, 6.45) is 6.60. The standard InChI is InChI=1S/C15H22/c1-9-6-8-12-14(15(12,3)4)13-10(2)5-7-11(9)13/h6,11-12,14H,5,7-8H2,1-4H3/t11?,12-,14-/m1/s1. The van der Waals surface area contributed by atoms with Gasteiger partial charge in [-0.25, -0.2) is 0 Å². The van der Waals surface area contributed by atoms with Crippen molar-refractivity contribution >= 4 is 0 Å². The van der Waals surface area contributed by atoms with Gasteiger partial charge in [0, 0.05) is 5.92 Å². The van der Waals surface area contributed by atoms with Gasteiger partial charge in [-0.2, -0.15) is 0 Å². The molecular weight excluding hydrogens is 180 g/mol. The van der Waals surface area contributed by atoms with Crippen LogP contribution in [0.3, 0.4) is 0 Å². The van der Waals surface area contributed by atoms with E-state index in [1.165, 1.54) is 19.3 Å². The molecule has 1 saturated carbocycles. The second-order valence-electron chi connectivity index (χ2n) is 6.42. The normalized spacial score (nSPS) is 41.9. The van der Waals surface area contributed by atoms with Gasteiger partial charge < -0.3 is 0 Å². The number of hydrogen-bond acceptors (Lipinski definition) is 0. The van der Waals surface area contributed by atoms with Crippen LogP contribution in [0.4, 0.5) is 0 Å². The Bertz CT molecular complexity index is 367. The van der Waals surface area contributed by atoms with Gasteiger partial charge in [-0.3, -0.25) is 0 Å². The maximum atomic E-state index is 2.53. The Morgan fingerprint density at radius 2 is 2.00 bits per heavy atom. The summed E-state index contributed by atoms with van der Waals surface area (Å²) in [5, 5.41) is 0. The first-order valence-corrected chi connectivity index (χ1v) is 6.39. The fourth-order valence-corrected chi connectivity index (χ4v) is 4.17. The van der Waals surface area contributed by atoms with Gasteiger partial charge in [-0.1, -0.05) is 36.6 Å². The molecule has 0 aromatic heterocycles. The molecule has 3 atom stereocenters. The highest BCUT2D eigenvalue weighted by Gasteiger charge is 2.60. The molecule has 15 heavy (non-hydrogen) atoms. The molecule has 0 radical (unpaired) electrons. The van der Waals surface area contributed by atoms with Gasteiger partial charge in [0.15, 0.2) is 0 Å². The van der Waals surface area contributed by atoms with E-state index in [-0.39, 0.29) is 0 Å². The smallest absolute Gasteiger partial charge is 0.00129 e. The van der Waals surface area contributed by atoms with Crippen LogP contribution >= 0.6 is 0 Å². The number of rotatable bonds is 0. The number of allylic oxidation sites excluding steroid dienone is 4. The van der Waals surface area contributed by atoms with Crippen LogP contribution in [-0.2, 0) is 0 Å². The van der Waals surface area contributed by atoms with Crippen molar-refractivity contribution in [3.63, 3.8) is 0 Å². The lowest BCUT2D eigenvalue weighted by molar-refractivity contribution is 0.530. The van der Waals surface area contributed by atoms with E-state index in [9.17, 15) is 0 Å². The van der Waals surface area contributed by atoms with Gasteiger partial charge in [0.2, 0.25) is 0 Å². The summed E-state index contributed by atoms with van der Waals surface area (Å²) in [6.45, 7) is 9.65. The molecule has 0 aliphatic heterocycles. The van der Waals surface area contributed by atoms with Crippen molar-refractivity contribution in [3.05, 3.63) is 22.8 Å². The summed E-state index contributed by atoms with van der Waals surface area (Å²) in [7, 11) is 0. The van der Waals surface area contributed by atoms with Crippen LogP contribution in [0, 0.1) is 23.2 Å². The monoisotopic (exact) mass is 202 g/mol. The Kier molecular flexibility index (Phi) is 1.80. The molecule has 1 fully saturated rings. The van der Waals surface area contributed by atoms with Gasteiger partial charge >= 0.3 is 0 Å². The first kappa shape index (κ1) is 9.69. The van der Waals surface area contributed by atoms with Crippen LogP contribution < -0.4 is 0 Å². The summed E-state index contributed by atoms with van der Waals surface area (Å²) < 4.78 is 0. The van der Waals surface area contributed by atoms with E-state index in [4.69, 9.17) is 0 Å². The summed E-state index contributed by atoms with van der Waals surface area (Å²) in [6, 6.07) is 0. The largest absolute Gasteiger partial charge is 0.0847 e. The second kappa shape index (κ2) is 2.78. The minimum absolute atomic E-state index is 0.594. The van der Waals surface area contributed by atoms with Gasteiger partial charge in [-0.15, -0.1) is 0 Å². The van der Waals surface area contributed by atoms with Gasteiger partial charge in [0.25, 0.3) is 0 Å². The molecule has 0 heterocycles. The van der Waals surface area contributed by atoms with Crippen molar-refractivity contribution in [3.8, 4) is 0 Å². The van der Waals surface area contributed by atoms with E-state index in [1.807, 2.05) is 5.57 Å². The van der Waals surface area contributed by atoms with E-state index >= 15 is 0 Å². The second-order valence-corrected chi connectivity index (χ2v) is 6.42. The third-order valence-corrected chi connectivity index (χ3v) is 5.31. The topological polar surface area (TPSA) is 0 Å². The van der Waals surface area contributed by atoms with E-state index in [0.29, 0.717) is 5.41 Å². The van der Waals surface area contributed by atoms with E-state index in [0.717, 1.165) is 17.8 Å². The minimum atomic E-state index is 0.594. The van der Waals surface area contributed by atoms with Crippen molar-refractivity contribution in [1.29, 1.82) is 0 Å². The van der Waals surface area contributed by atoms with Crippen LogP contribution in [-0.4, -0.2) is 0 Å². The minimum Gasteiger partial charge on any atom is -0.0847 e. The van der Waals surface area contributed by atoms with Crippen molar-refractivity contribution in [2.24, 2.45) is 23.2 Å². The highest BCUT2D eigenvalue weighted by Crippen LogP contribution is 2.68. The molecule has 0 N–H and O–H groups in total. The fourth-order valence-electron chi connectivity index (χ4n) is 4.17. The summed E-state index contributed by atoms with van der Waals surface area (Å²) >= 11 is 0. The van der Waals surface area contributed by atoms with Gasteiger partial charge in [0.05, 0.1) is 0 Å². The molecule has 0 saturated heterocycles.